The summed E-state index contributed by atoms with van der Waals surface area (Å²) in [7, 11) is 1.64. The number of alkyl carbamates (subject to hydrolysis) is 1. The van der Waals surface area contributed by atoms with Crippen LogP contribution in [0.2, 0.25) is 0 Å². The summed E-state index contributed by atoms with van der Waals surface area (Å²) in [4.78, 5) is 22.5. The van der Waals surface area contributed by atoms with Gasteiger partial charge in [-0.1, -0.05) is 0 Å². The molecule has 0 saturated carbocycles. The molecule has 128 valence electrons. The molecule has 1 fully saturated rings. The number of nitro groups is 1. The molecule has 9 heteroatoms. The van der Waals surface area contributed by atoms with Crippen molar-refractivity contribution in [3.63, 3.8) is 0 Å². The van der Waals surface area contributed by atoms with Gasteiger partial charge in [-0.2, -0.15) is 5.10 Å². The van der Waals surface area contributed by atoms with Gasteiger partial charge < -0.3 is 14.8 Å². The highest BCUT2D eigenvalue weighted by atomic mass is 16.6. The first-order valence-electron chi connectivity index (χ1n) is 7.45. The molecule has 1 unspecified atom stereocenters. The average molecular weight is 326 g/mol. The number of aryl methyl sites for hydroxylation is 1. The van der Waals surface area contributed by atoms with E-state index in [4.69, 9.17) is 9.47 Å². The molecule has 1 aromatic rings. The lowest BCUT2D eigenvalue weighted by Gasteiger charge is -2.30. The lowest BCUT2D eigenvalue weighted by atomic mass is 10.0. The first kappa shape index (κ1) is 17.2. The number of carbonyl (C=O) groups excluding carboxylic acids is 1. The molecule has 2 heterocycles. The molecule has 2 atom stereocenters. The van der Waals surface area contributed by atoms with Crippen molar-refractivity contribution < 1.29 is 19.2 Å². The molecule has 2 rings (SSSR count). The molecule has 0 aliphatic carbocycles. The molecule has 1 N–H and O–H groups in total. The van der Waals surface area contributed by atoms with E-state index in [1.165, 1.54) is 10.9 Å². The molecular weight excluding hydrogens is 304 g/mol. The van der Waals surface area contributed by atoms with Gasteiger partial charge in [-0.3, -0.25) is 14.8 Å². The molecule has 0 radical (unpaired) electrons. The first-order chi connectivity index (χ1) is 10.7. The van der Waals surface area contributed by atoms with Crippen LogP contribution < -0.4 is 5.32 Å². The lowest BCUT2D eigenvalue weighted by Crippen LogP contribution is -2.42. The largest absolute Gasteiger partial charge is 0.444 e. The summed E-state index contributed by atoms with van der Waals surface area (Å²) in [5, 5.41) is 17.8. The number of rotatable bonds is 3. The Morgan fingerprint density at radius 2 is 2.26 bits per heavy atom. The summed E-state index contributed by atoms with van der Waals surface area (Å²) in [5.41, 5.74) is -0.240. The van der Waals surface area contributed by atoms with Crippen molar-refractivity contribution in [1.82, 2.24) is 15.1 Å². The minimum absolute atomic E-state index is 0.0737. The Hall–Kier alpha value is -2.16. The summed E-state index contributed by atoms with van der Waals surface area (Å²) in [6.45, 7) is 5.77. The zero-order chi connectivity index (χ0) is 17.2. The van der Waals surface area contributed by atoms with E-state index in [2.05, 4.69) is 10.4 Å². The Labute approximate surface area is 134 Å². The van der Waals surface area contributed by atoms with Crippen LogP contribution in [0.1, 0.15) is 45.4 Å². The smallest absolute Gasteiger partial charge is 0.407 e. The molecule has 1 aliphatic rings. The molecule has 23 heavy (non-hydrogen) atoms. The molecule has 1 aliphatic heterocycles. The van der Waals surface area contributed by atoms with E-state index in [0.717, 1.165) is 0 Å². The zero-order valence-corrected chi connectivity index (χ0v) is 13.7. The second-order valence-corrected chi connectivity index (χ2v) is 6.52. The SMILES string of the molecule is Cn1ncc([N+](=O)[O-])c1[C@H]1CC(NC(=O)OC(C)(C)C)CCO1. The van der Waals surface area contributed by atoms with Gasteiger partial charge in [-0.15, -0.1) is 0 Å². The number of amides is 1. The fourth-order valence-electron chi connectivity index (χ4n) is 2.54. The van der Waals surface area contributed by atoms with Crippen LogP contribution in [-0.2, 0) is 16.5 Å². The Balaban J connectivity index is 2.06. The van der Waals surface area contributed by atoms with E-state index in [-0.39, 0.29) is 11.7 Å². The number of nitrogens with zero attached hydrogens (tertiary/aromatic N) is 3. The molecule has 0 bridgehead atoms. The van der Waals surface area contributed by atoms with Crippen LogP contribution in [0.5, 0.6) is 0 Å². The van der Waals surface area contributed by atoms with Crippen LogP contribution in [0.25, 0.3) is 0 Å². The van der Waals surface area contributed by atoms with Gasteiger partial charge in [0.25, 0.3) is 0 Å². The van der Waals surface area contributed by atoms with Crippen molar-refractivity contribution in [2.75, 3.05) is 6.61 Å². The van der Waals surface area contributed by atoms with Gasteiger partial charge >= 0.3 is 11.8 Å². The number of nitrogens with one attached hydrogen (secondary N) is 1. The first-order valence-corrected chi connectivity index (χ1v) is 7.45. The average Bonchev–Trinajstić information content (AvgIpc) is 2.78. The molecular formula is C14H22N4O5. The van der Waals surface area contributed by atoms with Crippen LogP contribution in [0.4, 0.5) is 10.5 Å². The van der Waals surface area contributed by atoms with Gasteiger partial charge in [0.1, 0.15) is 23.6 Å². The van der Waals surface area contributed by atoms with Gasteiger partial charge in [-0.25, -0.2) is 4.79 Å². The molecule has 0 aromatic carbocycles. The monoisotopic (exact) mass is 326 g/mol. The van der Waals surface area contributed by atoms with Gasteiger partial charge in [0.05, 0.1) is 4.92 Å². The van der Waals surface area contributed by atoms with Crippen molar-refractivity contribution in [1.29, 1.82) is 0 Å². The molecule has 9 nitrogen and oxygen atoms in total. The Bertz CT molecular complexity index is 592. The number of carbonyl (C=O) groups is 1. The standard InChI is InChI=1S/C14H22N4O5/c1-14(2,3)23-13(19)16-9-5-6-22-11(7-9)12-10(18(20)21)8-15-17(12)4/h8-9,11H,5-7H2,1-4H3,(H,16,19)/t9?,11-/m1/s1. The topological polar surface area (TPSA) is 109 Å². The van der Waals surface area contributed by atoms with Crippen molar-refractivity contribution >= 4 is 11.8 Å². The van der Waals surface area contributed by atoms with Crippen LogP contribution >= 0.6 is 0 Å². The fourth-order valence-corrected chi connectivity index (χ4v) is 2.54. The normalized spacial score (nSPS) is 21.7. The van der Waals surface area contributed by atoms with E-state index >= 15 is 0 Å². The third-order valence-electron chi connectivity index (χ3n) is 3.47. The fraction of sp³-hybridized carbons (Fsp3) is 0.714. The predicted molar refractivity (Wildman–Crippen MR) is 80.9 cm³/mol. The van der Waals surface area contributed by atoms with Crippen molar-refractivity contribution in [3.8, 4) is 0 Å². The van der Waals surface area contributed by atoms with E-state index in [1.54, 1.807) is 27.8 Å². The maximum atomic E-state index is 11.9. The Morgan fingerprint density at radius 1 is 1.57 bits per heavy atom. The second-order valence-electron chi connectivity index (χ2n) is 6.52. The van der Waals surface area contributed by atoms with Gasteiger partial charge in [0, 0.05) is 19.7 Å². The van der Waals surface area contributed by atoms with E-state index in [9.17, 15) is 14.9 Å². The van der Waals surface area contributed by atoms with Crippen LogP contribution in [-0.4, -0.2) is 39.0 Å². The van der Waals surface area contributed by atoms with Crippen LogP contribution in [0.15, 0.2) is 6.20 Å². The van der Waals surface area contributed by atoms with Crippen molar-refractivity contribution in [2.24, 2.45) is 7.05 Å². The summed E-state index contributed by atoms with van der Waals surface area (Å²) in [5.74, 6) is 0. The number of hydrogen-bond acceptors (Lipinski definition) is 6. The highest BCUT2D eigenvalue weighted by molar-refractivity contribution is 5.68. The maximum absolute atomic E-state index is 11.9. The third kappa shape index (κ3) is 4.41. The van der Waals surface area contributed by atoms with Crippen LogP contribution in [0, 0.1) is 10.1 Å². The predicted octanol–water partition coefficient (Wildman–Crippen LogP) is 2.07. The maximum Gasteiger partial charge on any atom is 0.407 e. The van der Waals surface area contributed by atoms with Crippen molar-refractivity contribution in [3.05, 3.63) is 22.0 Å². The summed E-state index contributed by atoms with van der Waals surface area (Å²) in [6, 6.07) is -0.168. The van der Waals surface area contributed by atoms with Gasteiger partial charge in [0.15, 0.2) is 0 Å². The zero-order valence-electron chi connectivity index (χ0n) is 13.7. The molecule has 1 saturated heterocycles. The minimum Gasteiger partial charge on any atom is -0.444 e. The summed E-state index contributed by atoms with van der Waals surface area (Å²) in [6.07, 6.45) is 1.28. The quantitative estimate of drug-likeness (QED) is 0.673. The van der Waals surface area contributed by atoms with Gasteiger partial charge in [-0.05, 0) is 33.6 Å². The second kappa shape index (κ2) is 6.53. The highest BCUT2D eigenvalue weighted by Crippen LogP contribution is 2.33. The number of ether oxygens (including phenoxy) is 2. The summed E-state index contributed by atoms with van der Waals surface area (Å²) >= 11 is 0. The van der Waals surface area contributed by atoms with E-state index in [1.807, 2.05) is 0 Å². The summed E-state index contributed by atoms with van der Waals surface area (Å²) < 4.78 is 12.3. The van der Waals surface area contributed by atoms with Crippen molar-refractivity contribution in [2.45, 2.75) is 51.4 Å². The third-order valence-corrected chi connectivity index (χ3v) is 3.47. The van der Waals surface area contributed by atoms with E-state index in [0.29, 0.717) is 25.1 Å². The Kier molecular flexibility index (Phi) is 4.88. The highest BCUT2D eigenvalue weighted by Gasteiger charge is 2.33. The Morgan fingerprint density at radius 3 is 2.87 bits per heavy atom. The molecule has 0 spiro atoms. The lowest BCUT2D eigenvalue weighted by molar-refractivity contribution is -0.386. The van der Waals surface area contributed by atoms with E-state index < -0.39 is 22.7 Å². The number of hydrogen-bond donors (Lipinski definition) is 1. The molecule has 1 aromatic heterocycles. The minimum atomic E-state index is -0.574. The molecule has 1 amide bonds. The van der Waals surface area contributed by atoms with Crippen LogP contribution in [0.3, 0.4) is 0 Å². The van der Waals surface area contributed by atoms with Gasteiger partial charge in [0.2, 0.25) is 0 Å². The number of aromatic nitrogens is 2.